The van der Waals surface area contributed by atoms with E-state index in [1.807, 2.05) is 11.9 Å². The van der Waals surface area contributed by atoms with Gasteiger partial charge in [0.25, 0.3) is 5.91 Å². The summed E-state index contributed by atoms with van der Waals surface area (Å²) < 4.78 is 0. The number of carbonyl (C=O) groups excluding carboxylic acids is 1. The van der Waals surface area contributed by atoms with Crippen molar-refractivity contribution in [1.82, 2.24) is 20.2 Å². The largest absolute Gasteiger partial charge is 0.341 e. The van der Waals surface area contributed by atoms with Crippen LogP contribution in [0.25, 0.3) is 0 Å². The lowest BCUT2D eigenvalue weighted by Gasteiger charge is -2.35. The second-order valence-electron chi connectivity index (χ2n) is 5.14. The van der Waals surface area contributed by atoms with Gasteiger partial charge in [0.1, 0.15) is 5.69 Å². The average Bonchev–Trinajstić information content (AvgIpc) is 2.97. The highest BCUT2D eigenvalue weighted by Crippen LogP contribution is 2.29. The van der Waals surface area contributed by atoms with Gasteiger partial charge in [-0.05, 0) is 25.7 Å². The Morgan fingerprint density at radius 1 is 1.41 bits per heavy atom. The molecule has 2 N–H and O–H groups in total. The highest BCUT2D eigenvalue weighted by Gasteiger charge is 2.36. The van der Waals surface area contributed by atoms with E-state index in [-0.39, 0.29) is 5.91 Å². The Balaban J connectivity index is 1.70. The van der Waals surface area contributed by atoms with Gasteiger partial charge in [-0.2, -0.15) is 0 Å². The summed E-state index contributed by atoms with van der Waals surface area (Å²) in [6.45, 7) is 0. The number of rotatable bonds is 2. The molecule has 5 nitrogen and oxygen atoms in total. The van der Waals surface area contributed by atoms with Crippen molar-refractivity contribution >= 4 is 5.91 Å². The van der Waals surface area contributed by atoms with Crippen molar-refractivity contribution in [3.05, 3.63) is 18.2 Å². The minimum Gasteiger partial charge on any atom is -0.341 e. The van der Waals surface area contributed by atoms with Gasteiger partial charge in [-0.1, -0.05) is 0 Å². The Hall–Kier alpha value is -1.36. The number of aromatic amines is 1. The molecule has 0 saturated carbocycles. The summed E-state index contributed by atoms with van der Waals surface area (Å²) in [4.78, 5) is 20.8. The van der Waals surface area contributed by atoms with Crippen LogP contribution in [0.2, 0.25) is 0 Å². The Kier molecular flexibility index (Phi) is 2.63. The molecule has 0 radical (unpaired) electrons. The van der Waals surface area contributed by atoms with E-state index < -0.39 is 0 Å². The molecule has 2 bridgehead atoms. The van der Waals surface area contributed by atoms with Gasteiger partial charge in [0.15, 0.2) is 0 Å². The second-order valence-corrected chi connectivity index (χ2v) is 5.14. The molecule has 17 heavy (non-hydrogen) atoms. The minimum atomic E-state index is 0.0498. The molecule has 1 amide bonds. The minimum absolute atomic E-state index is 0.0498. The van der Waals surface area contributed by atoms with E-state index in [2.05, 4.69) is 15.3 Å². The van der Waals surface area contributed by atoms with Crippen LogP contribution in [0, 0.1) is 0 Å². The lowest BCUT2D eigenvalue weighted by atomic mass is 9.98. The third kappa shape index (κ3) is 1.95. The third-order valence-electron chi connectivity index (χ3n) is 4.04. The van der Waals surface area contributed by atoms with Crippen LogP contribution in [0.3, 0.4) is 0 Å². The lowest BCUT2D eigenvalue weighted by Crippen LogP contribution is -2.48. The van der Waals surface area contributed by atoms with Crippen molar-refractivity contribution in [2.75, 3.05) is 7.05 Å². The Bertz CT molecular complexity index is 391. The van der Waals surface area contributed by atoms with Crippen LogP contribution >= 0.6 is 0 Å². The molecule has 3 rings (SSSR count). The van der Waals surface area contributed by atoms with Crippen LogP contribution in [0.1, 0.15) is 36.2 Å². The summed E-state index contributed by atoms with van der Waals surface area (Å²) >= 11 is 0. The number of amides is 1. The predicted octanol–water partition coefficient (Wildman–Crippen LogP) is 0.765. The summed E-state index contributed by atoms with van der Waals surface area (Å²) in [7, 11) is 1.90. The lowest BCUT2D eigenvalue weighted by molar-refractivity contribution is 0.0676. The fraction of sp³-hybridized carbons (Fsp3) is 0.667. The number of aromatic nitrogens is 2. The molecule has 2 saturated heterocycles. The van der Waals surface area contributed by atoms with Gasteiger partial charge < -0.3 is 15.2 Å². The molecule has 3 heterocycles. The zero-order valence-electron chi connectivity index (χ0n) is 10.0. The van der Waals surface area contributed by atoms with Gasteiger partial charge in [-0.15, -0.1) is 0 Å². The third-order valence-corrected chi connectivity index (χ3v) is 4.04. The van der Waals surface area contributed by atoms with Crippen molar-refractivity contribution in [2.24, 2.45) is 0 Å². The van der Waals surface area contributed by atoms with Crippen LogP contribution in [0.5, 0.6) is 0 Å². The normalized spacial score (nSPS) is 31.5. The van der Waals surface area contributed by atoms with Gasteiger partial charge in [-0.25, -0.2) is 4.98 Å². The zero-order valence-corrected chi connectivity index (χ0v) is 10.0. The van der Waals surface area contributed by atoms with Crippen LogP contribution < -0.4 is 5.32 Å². The molecule has 2 atom stereocenters. The molecule has 0 aliphatic carbocycles. The number of piperidine rings is 1. The number of nitrogens with one attached hydrogen (secondary N) is 2. The number of H-pyrrole nitrogens is 1. The molecule has 1 aromatic heterocycles. The number of nitrogens with zero attached hydrogens (tertiary/aromatic N) is 2. The predicted molar refractivity (Wildman–Crippen MR) is 63.6 cm³/mol. The molecular weight excluding hydrogens is 216 g/mol. The number of fused-ring (bicyclic) bond motifs is 2. The summed E-state index contributed by atoms with van der Waals surface area (Å²) in [6.07, 6.45) is 7.81. The van der Waals surface area contributed by atoms with E-state index in [9.17, 15) is 4.79 Å². The van der Waals surface area contributed by atoms with E-state index in [1.165, 1.54) is 12.8 Å². The van der Waals surface area contributed by atoms with E-state index in [1.54, 1.807) is 12.5 Å². The summed E-state index contributed by atoms with van der Waals surface area (Å²) in [5, 5.41) is 3.59. The number of imidazole rings is 1. The number of carbonyl (C=O) groups is 1. The van der Waals surface area contributed by atoms with E-state index in [4.69, 9.17) is 0 Å². The van der Waals surface area contributed by atoms with E-state index >= 15 is 0 Å². The average molecular weight is 234 g/mol. The Labute approximate surface area is 101 Å². The smallest absolute Gasteiger partial charge is 0.271 e. The fourth-order valence-corrected chi connectivity index (χ4v) is 3.07. The molecule has 0 spiro atoms. The molecule has 2 unspecified atom stereocenters. The number of hydrogen-bond donors (Lipinski definition) is 2. The van der Waals surface area contributed by atoms with Crippen molar-refractivity contribution < 1.29 is 4.79 Å². The van der Waals surface area contributed by atoms with Crippen molar-refractivity contribution in [1.29, 1.82) is 0 Å². The van der Waals surface area contributed by atoms with Gasteiger partial charge >= 0.3 is 0 Å². The molecular formula is C12H18N4O. The molecule has 2 fully saturated rings. The number of hydrogen-bond acceptors (Lipinski definition) is 3. The molecule has 0 aromatic carbocycles. The maximum atomic E-state index is 12.2. The molecule has 92 valence electrons. The standard InChI is InChI=1S/C12H18N4O/c1-16(12(17)11-6-13-7-14-11)10-4-8-2-3-9(5-10)15-8/h6-10,15H,2-5H2,1H3,(H,13,14). The monoisotopic (exact) mass is 234 g/mol. The topological polar surface area (TPSA) is 61.0 Å². The first-order chi connectivity index (χ1) is 8.24. The maximum Gasteiger partial charge on any atom is 0.271 e. The maximum absolute atomic E-state index is 12.2. The first kappa shape index (κ1) is 10.8. The SMILES string of the molecule is CN(C(=O)c1cnc[nH]1)C1CC2CCC(C1)N2. The van der Waals surface area contributed by atoms with E-state index in [0.717, 1.165) is 12.8 Å². The Morgan fingerprint density at radius 3 is 2.71 bits per heavy atom. The molecule has 1 aromatic rings. The molecule has 2 aliphatic rings. The van der Waals surface area contributed by atoms with Crippen molar-refractivity contribution in [3.8, 4) is 0 Å². The summed E-state index contributed by atoms with van der Waals surface area (Å²) in [5.74, 6) is 0.0498. The summed E-state index contributed by atoms with van der Waals surface area (Å²) in [6, 6.07) is 1.58. The highest BCUT2D eigenvalue weighted by atomic mass is 16.2. The van der Waals surface area contributed by atoms with Gasteiger partial charge in [0.05, 0.1) is 12.5 Å². The fourth-order valence-electron chi connectivity index (χ4n) is 3.07. The van der Waals surface area contributed by atoms with Crippen LogP contribution in [0.15, 0.2) is 12.5 Å². The van der Waals surface area contributed by atoms with Crippen LogP contribution in [-0.4, -0.2) is 45.9 Å². The van der Waals surface area contributed by atoms with Gasteiger partial charge in [-0.3, -0.25) is 4.79 Å². The zero-order chi connectivity index (χ0) is 11.8. The van der Waals surface area contributed by atoms with Gasteiger partial charge in [0.2, 0.25) is 0 Å². The van der Waals surface area contributed by atoms with Crippen LogP contribution in [0.4, 0.5) is 0 Å². The molecule has 2 aliphatic heterocycles. The highest BCUT2D eigenvalue weighted by molar-refractivity contribution is 5.92. The Morgan fingerprint density at radius 2 is 2.12 bits per heavy atom. The first-order valence-electron chi connectivity index (χ1n) is 6.25. The molecule has 5 heteroatoms. The summed E-state index contributed by atoms with van der Waals surface area (Å²) in [5.41, 5.74) is 0.582. The second kappa shape index (κ2) is 4.14. The van der Waals surface area contributed by atoms with Crippen molar-refractivity contribution in [3.63, 3.8) is 0 Å². The first-order valence-corrected chi connectivity index (χ1v) is 6.25. The van der Waals surface area contributed by atoms with Crippen LogP contribution in [-0.2, 0) is 0 Å². The van der Waals surface area contributed by atoms with E-state index in [0.29, 0.717) is 23.8 Å². The van der Waals surface area contributed by atoms with Gasteiger partial charge in [0, 0.05) is 25.2 Å². The quantitative estimate of drug-likeness (QED) is 0.794. The van der Waals surface area contributed by atoms with Crippen molar-refractivity contribution in [2.45, 2.75) is 43.8 Å².